The van der Waals surface area contributed by atoms with E-state index in [-0.39, 0.29) is 27.1 Å². The van der Waals surface area contributed by atoms with Crippen molar-refractivity contribution in [3.05, 3.63) is 148 Å². The highest BCUT2D eigenvalue weighted by Crippen LogP contribution is 2.28. The Labute approximate surface area is 459 Å². The number of halogens is 5. The molecule has 2 fully saturated rings. The number of fused-ring (bicyclic) bond motifs is 3. The predicted octanol–water partition coefficient (Wildman–Crippen LogP) is 10.1. The van der Waals surface area contributed by atoms with Crippen molar-refractivity contribution in [2.24, 2.45) is 5.73 Å². The monoisotopic (exact) mass is 1150 g/mol. The van der Waals surface area contributed by atoms with Crippen LogP contribution < -0.4 is 26.0 Å². The highest BCUT2D eigenvalue weighted by molar-refractivity contribution is 9.10. The number of imidazole rings is 3. The molecule has 0 amide bonds. The standard InChI is InChI=1S/C19H21FN4O2.C13H9ClFN3O.C7H9BO2.C6H3BrClN3.C6H13NO.2CH4/c20-12-26-16-3-1-2-13(10-16)17-11-21-19-9-8-18(23-24(17)19)22-14-4-6-15(25)7-5-14;14-12-4-5-13-16-7-11(18(13)17-12)9-2-1-3-10(6-9)19-8-15;1-6-3-2-4-7(5-6)8(9)10;7-4-3-9-6-2-1-5(8)10-11(4)6;7-5-1-3-6(8)4-2-5;;/h1-3,8-11,14-15,25H,4-7,12H2,(H,22,23);1-7H,8H2;2-5,9-10H,1H3;1-3H;5-6,8H,1-4,7H2;2*1H4. The van der Waals surface area contributed by atoms with Crippen molar-refractivity contribution >= 4 is 74.5 Å². The van der Waals surface area contributed by atoms with Gasteiger partial charge < -0.3 is 40.8 Å². The number of alkyl halides is 2. The van der Waals surface area contributed by atoms with Crippen molar-refractivity contribution in [1.29, 1.82) is 0 Å². The maximum atomic E-state index is 12.4. The number of nitrogens with one attached hydrogen (secondary N) is 1. The number of aliphatic hydroxyl groups is 2. The molecule has 6 aromatic heterocycles. The third-order valence-corrected chi connectivity index (χ3v) is 12.8. The molecule has 76 heavy (non-hydrogen) atoms. The molecule has 9 aromatic rings. The van der Waals surface area contributed by atoms with Crippen LogP contribution in [-0.4, -0.2) is 109 Å². The summed E-state index contributed by atoms with van der Waals surface area (Å²) in [7, 11) is -1.35. The van der Waals surface area contributed by atoms with E-state index in [9.17, 15) is 13.9 Å². The summed E-state index contributed by atoms with van der Waals surface area (Å²) in [4.78, 5) is 12.7. The zero-order chi connectivity index (χ0) is 52.6. The molecule has 0 spiro atoms. The molecule has 23 heteroatoms. The average Bonchev–Trinajstić information content (AvgIpc) is 4.14. The van der Waals surface area contributed by atoms with Gasteiger partial charge in [-0.1, -0.05) is 92.1 Å². The smallest absolute Gasteiger partial charge is 0.463 e. The Morgan fingerprint density at radius 1 is 0.632 bits per heavy atom. The first-order chi connectivity index (χ1) is 35.8. The van der Waals surface area contributed by atoms with Crippen LogP contribution in [0.1, 0.15) is 71.8 Å². The number of aliphatic hydroxyl groups excluding tert-OH is 2. The molecule has 0 bridgehead atoms. The fourth-order valence-electron chi connectivity index (χ4n) is 8.00. The Balaban J connectivity index is 0.000000187. The molecule has 0 atom stereocenters. The second-order valence-corrected chi connectivity index (χ2v) is 18.9. The Hall–Kier alpha value is -6.30. The SMILES string of the molecule is C.C.Cc1cccc(B(O)O)c1.Clc1ccc2ncc(Br)n2n1.FCOc1cccc(-c2cnc3ccc(Cl)nn23)c1.NC1CCC(O)CC1.OC1CCC(Nc2ccc3ncc(-c4cccc(OCF)c4)n3n2)CC1. The number of nitrogens with two attached hydrogens (primary N) is 1. The van der Waals surface area contributed by atoms with E-state index < -0.39 is 20.8 Å². The summed E-state index contributed by atoms with van der Waals surface area (Å²) in [5.74, 6) is 1.70. The van der Waals surface area contributed by atoms with Gasteiger partial charge in [-0.15, -0.1) is 5.10 Å². The lowest BCUT2D eigenvalue weighted by Gasteiger charge is -2.26. The van der Waals surface area contributed by atoms with E-state index in [1.54, 1.807) is 105 Å². The number of hydrogen-bond acceptors (Lipinski definition) is 14. The second kappa shape index (κ2) is 29.9. The van der Waals surface area contributed by atoms with E-state index in [4.69, 9.17) is 53.6 Å². The van der Waals surface area contributed by atoms with Crippen molar-refractivity contribution in [2.75, 3.05) is 19.0 Å². The van der Waals surface area contributed by atoms with Gasteiger partial charge in [-0.3, -0.25) is 0 Å². The Kier molecular flexibility index (Phi) is 23.8. The molecule has 0 aliphatic heterocycles. The van der Waals surface area contributed by atoms with Gasteiger partial charge in [-0.05, 0) is 140 Å². The molecule has 2 saturated carbocycles. The van der Waals surface area contributed by atoms with Crippen LogP contribution in [0.5, 0.6) is 11.5 Å². The summed E-state index contributed by atoms with van der Waals surface area (Å²) >= 11 is 14.8. The first-order valence-electron chi connectivity index (χ1n) is 23.7. The van der Waals surface area contributed by atoms with Crippen molar-refractivity contribution in [3.63, 3.8) is 0 Å². The third kappa shape index (κ3) is 17.4. The maximum absolute atomic E-state index is 12.4. The van der Waals surface area contributed by atoms with Crippen molar-refractivity contribution < 1.29 is 38.5 Å². The van der Waals surface area contributed by atoms with Crippen LogP contribution in [0.3, 0.4) is 0 Å². The topological polar surface area (TPSA) is 228 Å². The van der Waals surface area contributed by atoms with Gasteiger partial charge in [0.1, 0.15) is 32.2 Å². The molecule has 404 valence electrons. The zero-order valence-corrected chi connectivity index (χ0v) is 43.3. The third-order valence-electron chi connectivity index (χ3n) is 11.8. The van der Waals surface area contributed by atoms with Gasteiger partial charge in [-0.2, -0.15) is 10.2 Å². The molecule has 17 nitrogen and oxygen atoms in total. The number of hydrogen-bond donors (Lipinski definition) is 6. The summed E-state index contributed by atoms with van der Waals surface area (Å²) in [5.41, 5.74) is 12.6. The highest BCUT2D eigenvalue weighted by atomic mass is 79.9. The van der Waals surface area contributed by atoms with Crippen LogP contribution in [0.15, 0.2) is 132 Å². The largest absolute Gasteiger partial charge is 0.488 e. The summed E-state index contributed by atoms with van der Waals surface area (Å²) in [6.45, 7) is 0.186. The van der Waals surface area contributed by atoms with Crippen LogP contribution in [-0.2, 0) is 0 Å². The first kappa shape index (κ1) is 60.6. The lowest BCUT2D eigenvalue weighted by molar-refractivity contribution is 0.123. The number of ether oxygens (including phenoxy) is 2. The minimum Gasteiger partial charge on any atom is -0.463 e. The first-order valence-corrected chi connectivity index (χ1v) is 25.2. The molecular weight excluding hydrogens is 1090 g/mol. The summed E-state index contributed by atoms with van der Waals surface area (Å²) in [6.07, 6.45) is 12.2. The van der Waals surface area contributed by atoms with E-state index in [1.807, 2.05) is 43.3 Å². The van der Waals surface area contributed by atoms with Gasteiger partial charge in [0, 0.05) is 23.2 Å². The molecule has 2 aliphatic carbocycles. The lowest BCUT2D eigenvalue weighted by atomic mass is 9.80. The number of aryl methyl sites for hydroxylation is 1. The van der Waals surface area contributed by atoms with E-state index in [0.29, 0.717) is 45.0 Å². The Morgan fingerprint density at radius 3 is 1.61 bits per heavy atom. The van der Waals surface area contributed by atoms with Gasteiger partial charge >= 0.3 is 7.12 Å². The number of benzene rings is 3. The molecule has 11 rings (SSSR count). The average molecular weight is 1150 g/mol. The van der Waals surface area contributed by atoms with Crippen LogP contribution in [0.2, 0.25) is 10.3 Å². The van der Waals surface area contributed by atoms with E-state index >= 15 is 0 Å². The normalized spacial score (nSPS) is 16.6. The number of anilines is 1. The summed E-state index contributed by atoms with van der Waals surface area (Å²) < 4.78 is 40.2. The predicted molar refractivity (Wildman–Crippen MR) is 300 cm³/mol. The zero-order valence-electron chi connectivity index (χ0n) is 40.2. The lowest BCUT2D eigenvalue weighted by Crippen LogP contribution is -2.29. The quantitative estimate of drug-likeness (QED) is 0.0740. The fraction of sp³-hybridized carbons (Fsp3) is 0.321. The molecule has 7 N–H and O–H groups in total. The number of rotatable bonds is 9. The highest BCUT2D eigenvalue weighted by Gasteiger charge is 2.20. The molecule has 0 radical (unpaired) electrons. The van der Waals surface area contributed by atoms with Crippen molar-refractivity contribution in [1.82, 2.24) is 43.8 Å². The fourth-order valence-corrected chi connectivity index (χ4v) is 8.64. The van der Waals surface area contributed by atoms with Crippen LogP contribution >= 0.6 is 39.1 Å². The molecule has 0 unspecified atom stereocenters. The second-order valence-electron chi connectivity index (χ2n) is 17.3. The van der Waals surface area contributed by atoms with Crippen molar-refractivity contribution in [3.8, 4) is 34.0 Å². The van der Waals surface area contributed by atoms with Crippen molar-refractivity contribution in [2.45, 2.75) is 97.4 Å². The molecule has 0 saturated heterocycles. The van der Waals surface area contributed by atoms with Crippen LogP contribution in [0.4, 0.5) is 14.6 Å². The van der Waals surface area contributed by atoms with Gasteiger partial charge in [0.15, 0.2) is 16.9 Å². The molecule has 6 heterocycles. The Bertz CT molecular complexity index is 3180. The van der Waals surface area contributed by atoms with Gasteiger partial charge in [0.05, 0.1) is 42.2 Å². The van der Waals surface area contributed by atoms with E-state index in [2.05, 4.69) is 51.5 Å². The van der Waals surface area contributed by atoms with E-state index in [1.165, 1.54) is 0 Å². The van der Waals surface area contributed by atoms with Crippen LogP contribution in [0.25, 0.3) is 39.5 Å². The summed E-state index contributed by atoms with van der Waals surface area (Å²) in [5, 5.41) is 53.2. The molecular formula is C53H63BBrCl2F2N11O6. The summed E-state index contributed by atoms with van der Waals surface area (Å²) in [6, 6.07) is 32.9. The van der Waals surface area contributed by atoms with Crippen LogP contribution in [0, 0.1) is 6.92 Å². The minimum absolute atomic E-state index is 0. The Morgan fingerprint density at radius 2 is 1.11 bits per heavy atom. The number of nitrogens with zero attached hydrogens (tertiary/aromatic N) is 9. The maximum Gasteiger partial charge on any atom is 0.488 e. The van der Waals surface area contributed by atoms with Gasteiger partial charge in [0.2, 0.25) is 13.7 Å². The molecule has 2 aliphatic rings. The van der Waals surface area contributed by atoms with E-state index in [0.717, 1.165) is 101 Å². The van der Waals surface area contributed by atoms with Gasteiger partial charge in [0.25, 0.3) is 0 Å². The minimum atomic E-state index is -1.35. The number of aromatic nitrogens is 9. The molecule has 3 aromatic carbocycles. The van der Waals surface area contributed by atoms with Gasteiger partial charge in [-0.25, -0.2) is 37.3 Å².